The Labute approximate surface area is 127 Å². The van der Waals surface area contributed by atoms with Gasteiger partial charge in [0.05, 0.1) is 6.61 Å². The van der Waals surface area contributed by atoms with Crippen molar-refractivity contribution in [2.45, 2.75) is 25.7 Å². The van der Waals surface area contributed by atoms with Crippen LogP contribution in [-0.4, -0.2) is 28.9 Å². The van der Waals surface area contributed by atoms with E-state index in [1.165, 1.54) is 19.1 Å². The van der Waals surface area contributed by atoms with Gasteiger partial charge in [-0.2, -0.15) is 8.42 Å². The molecule has 8 nitrogen and oxygen atoms in total. The van der Waals surface area contributed by atoms with Gasteiger partial charge in [-0.15, -0.1) is 0 Å². The third-order valence-electron chi connectivity index (χ3n) is 2.97. The summed E-state index contributed by atoms with van der Waals surface area (Å²) in [7, 11) is -4.19. The average molecular weight is 325 g/mol. The molecule has 1 heterocycles. The standard InChI is InChI=1S/C13H15N3O5S/c1-4-21-11-6-5-9(2)7-12(11)22(19,20)15-10(3)14-8-13(15)16(17)18/h5-8H,4H2,1-3H3. The number of nitrogens with zero attached hydrogens (tertiary/aromatic N) is 3. The van der Waals surface area contributed by atoms with Crippen LogP contribution in [0.4, 0.5) is 5.82 Å². The predicted molar refractivity (Wildman–Crippen MR) is 78.6 cm³/mol. The van der Waals surface area contributed by atoms with E-state index in [9.17, 15) is 18.5 Å². The van der Waals surface area contributed by atoms with Gasteiger partial charge in [-0.1, -0.05) is 10.0 Å². The Balaban J connectivity index is 2.74. The summed E-state index contributed by atoms with van der Waals surface area (Å²) in [5, 5.41) is 11.0. The van der Waals surface area contributed by atoms with Gasteiger partial charge in [-0.05, 0) is 36.5 Å². The zero-order chi connectivity index (χ0) is 16.5. The Morgan fingerprint density at radius 3 is 2.64 bits per heavy atom. The lowest BCUT2D eigenvalue weighted by atomic mass is 10.2. The van der Waals surface area contributed by atoms with Crippen LogP contribution in [0.1, 0.15) is 18.3 Å². The lowest BCUT2D eigenvalue weighted by molar-refractivity contribution is -0.390. The fourth-order valence-corrected chi connectivity index (χ4v) is 3.70. The molecule has 0 unspecified atom stereocenters. The average Bonchev–Trinajstić information content (AvgIpc) is 2.83. The summed E-state index contributed by atoms with van der Waals surface area (Å²) >= 11 is 0. The van der Waals surface area contributed by atoms with Crippen molar-refractivity contribution in [1.29, 1.82) is 0 Å². The van der Waals surface area contributed by atoms with E-state index in [0.717, 1.165) is 6.20 Å². The predicted octanol–water partition coefficient (Wildman–Crippen LogP) is 2.04. The number of hydrogen-bond acceptors (Lipinski definition) is 6. The summed E-state index contributed by atoms with van der Waals surface area (Å²) in [6.45, 7) is 5.11. The SMILES string of the molecule is CCOc1ccc(C)cc1S(=O)(=O)n1c([N+](=O)[O-])cnc1C. The van der Waals surface area contributed by atoms with Crippen molar-refractivity contribution in [1.82, 2.24) is 8.96 Å². The number of benzene rings is 1. The molecule has 9 heteroatoms. The maximum absolute atomic E-state index is 12.8. The smallest absolute Gasteiger partial charge is 0.358 e. The molecule has 0 aliphatic rings. The number of ether oxygens (including phenoxy) is 1. The molecular formula is C13H15N3O5S. The largest absolute Gasteiger partial charge is 0.492 e. The van der Waals surface area contributed by atoms with Crippen molar-refractivity contribution in [2.24, 2.45) is 0 Å². The Morgan fingerprint density at radius 2 is 2.05 bits per heavy atom. The van der Waals surface area contributed by atoms with Crippen molar-refractivity contribution in [3.8, 4) is 5.75 Å². The summed E-state index contributed by atoms with van der Waals surface area (Å²) in [4.78, 5) is 13.9. The maximum atomic E-state index is 12.8. The van der Waals surface area contributed by atoms with Crippen LogP contribution in [0.15, 0.2) is 29.3 Å². The Morgan fingerprint density at radius 1 is 1.36 bits per heavy atom. The van der Waals surface area contributed by atoms with Crippen LogP contribution >= 0.6 is 0 Å². The van der Waals surface area contributed by atoms with Crippen LogP contribution in [0.5, 0.6) is 5.75 Å². The molecule has 0 saturated heterocycles. The molecule has 0 atom stereocenters. The van der Waals surface area contributed by atoms with Gasteiger partial charge in [0.1, 0.15) is 11.9 Å². The highest BCUT2D eigenvalue weighted by Crippen LogP contribution is 2.30. The number of imidazole rings is 1. The maximum Gasteiger partial charge on any atom is 0.358 e. The summed E-state index contributed by atoms with van der Waals surface area (Å²) in [6.07, 6.45) is 0.920. The second-order valence-corrected chi connectivity index (χ2v) is 6.33. The Kier molecular flexibility index (Phi) is 4.18. The van der Waals surface area contributed by atoms with Gasteiger partial charge in [-0.3, -0.25) is 0 Å². The second-order valence-electron chi connectivity index (χ2n) is 4.57. The summed E-state index contributed by atoms with van der Waals surface area (Å²) in [6, 6.07) is 4.66. The Bertz CT molecular complexity index is 826. The van der Waals surface area contributed by atoms with Crippen LogP contribution in [0.25, 0.3) is 0 Å². The molecule has 0 bridgehead atoms. The van der Waals surface area contributed by atoms with Crippen molar-refractivity contribution >= 4 is 15.8 Å². The first-order valence-corrected chi connectivity index (χ1v) is 7.90. The molecule has 1 aromatic heterocycles. The molecular weight excluding hydrogens is 310 g/mol. The lowest BCUT2D eigenvalue weighted by Gasteiger charge is -2.11. The van der Waals surface area contributed by atoms with Gasteiger partial charge in [-0.25, -0.2) is 4.98 Å². The van der Waals surface area contributed by atoms with Crippen LogP contribution in [0.2, 0.25) is 0 Å². The molecule has 0 N–H and O–H groups in total. The van der Waals surface area contributed by atoms with Gasteiger partial charge in [0.15, 0.2) is 4.90 Å². The first-order chi connectivity index (χ1) is 10.3. The molecule has 0 radical (unpaired) electrons. The van der Waals surface area contributed by atoms with Gasteiger partial charge >= 0.3 is 15.8 Å². The van der Waals surface area contributed by atoms with Crippen molar-refractivity contribution in [3.63, 3.8) is 0 Å². The zero-order valence-electron chi connectivity index (χ0n) is 12.3. The Hall–Kier alpha value is -2.42. The van der Waals surface area contributed by atoms with Crippen molar-refractivity contribution in [3.05, 3.63) is 45.9 Å². The van der Waals surface area contributed by atoms with Crippen molar-refractivity contribution < 1.29 is 18.1 Å². The van der Waals surface area contributed by atoms with E-state index in [1.54, 1.807) is 19.9 Å². The van der Waals surface area contributed by atoms with Gasteiger partial charge < -0.3 is 14.9 Å². The minimum atomic E-state index is -4.19. The molecule has 0 saturated carbocycles. The molecule has 0 spiro atoms. The molecule has 0 amide bonds. The summed E-state index contributed by atoms with van der Waals surface area (Å²) in [5.41, 5.74) is 0.697. The first kappa shape index (κ1) is 16.0. The van der Waals surface area contributed by atoms with Gasteiger partial charge in [0.2, 0.25) is 5.82 Å². The number of nitro groups is 1. The molecule has 2 rings (SSSR count). The number of aryl methyl sites for hydroxylation is 2. The molecule has 0 aliphatic heterocycles. The molecule has 1 aromatic carbocycles. The third kappa shape index (κ3) is 2.67. The van der Waals surface area contributed by atoms with E-state index < -0.39 is 20.8 Å². The van der Waals surface area contributed by atoms with E-state index >= 15 is 0 Å². The van der Waals surface area contributed by atoms with Crippen LogP contribution in [0, 0.1) is 24.0 Å². The minimum absolute atomic E-state index is 0.00987. The fraction of sp³-hybridized carbons (Fsp3) is 0.308. The van der Waals surface area contributed by atoms with E-state index in [-0.39, 0.29) is 23.1 Å². The quantitative estimate of drug-likeness (QED) is 0.615. The molecule has 2 aromatic rings. The number of aromatic nitrogens is 2. The lowest BCUT2D eigenvalue weighted by Crippen LogP contribution is -2.18. The number of rotatable bonds is 5. The van der Waals surface area contributed by atoms with Gasteiger partial charge in [0, 0.05) is 6.92 Å². The third-order valence-corrected chi connectivity index (χ3v) is 4.78. The van der Waals surface area contributed by atoms with E-state index in [2.05, 4.69) is 4.98 Å². The zero-order valence-corrected chi connectivity index (χ0v) is 13.1. The topological polar surface area (TPSA) is 104 Å². The number of hydrogen-bond donors (Lipinski definition) is 0. The van der Waals surface area contributed by atoms with Crippen LogP contribution < -0.4 is 4.74 Å². The van der Waals surface area contributed by atoms with E-state index in [0.29, 0.717) is 9.54 Å². The van der Waals surface area contributed by atoms with E-state index in [4.69, 9.17) is 4.74 Å². The second kappa shape index (κ2) is 5.76. The van der Waals surface area contributed by atoms with E-state index in [1.807, 2.05) is 0 Å². The first-order valence-electron chi connectivity index (χ1n) is 6.46. The molecule has 0 fully saturated rings. The fourth-order valence-electron chi connectivity index (χ4n) is 2.03. The van der Waals surface area contributed by atoms with Crippen LogP contribution in [-0.2, 0) is 10.0 Å². The highest BCUT2D eigenvalue weighted by atomic mass is 32.2. The van der Waals surface area contributed by atoms with Crippen LogP contribution in [0.3, 0.4) is 0 Å². The highest BCUT2D eigenvalue weighted by molar-refractivity contribution is 7.90. The van der Waals surface area contributed by atoms with Crippen molar-refractivity contribution in [2.75, 3.05) is 6.61 Å². The minimum Gasteiger partial charge on any atom is -0.492 e. The normalized spacial score (nSPS) is 11.4. The summed E-state index contributed by atoms with van der Waals surface area (Å²) < 4.78 is 31.6. The summed E-state index contributed by atoms with van der Waals surface area (Å²) in [5.74, 6) is -0.451. The highest BCUT2D eigenvalue weighted by Gasteiger charge is 2.34. The molecule has 0 aliphatic carbocycles. The molecule has 22 heavy (non-hydrogen) atoms. The van der Waals surface area contributed by atoms with Gasteiger partial charge in [0.25, 0.3) is 0 Å². The monoisotopic (exact) mass is 325 g/mol. The molecule has 118 valence electrons.